The van der Waals surface area contributed by atoms with Crippen LogP contribution >= 0.6 is 24.0 Å². The van der Waals surface area contributed by atoms with E-state index in [9.17, 15) is 0 Å². The molecule has 3 rings (SSSR count). The Morgan fingerprint density at radius 2 is 1.75 bits per heavy atom. The maximum Gasteiger partial charge on any atom is 0.195 e. The molecule has 1 heterocycles. The Kier molecular flexibility index (Phi) is 8.49. The number of hydrogen-bond acceptors (Lipinski definition) is 5. The highest BCUT2D eigenvalue weighted by Crippen LogP contribution is 2.31. The molecule has 0 radical (unpaired) electrons. The molecule has 0 unspecified atom stereocenters. The zero-order valence-corrected chi connectivity index (χ0v) is 18.6. The van der Waals surface area contributed by atoms with Gasteiger partial charge >= 0.3 is 0 Å². The summed E-state index contributed by atoms with van der Waals surface area (Å²) in [6, 6.07) is 11.6. The SMILES string of the molecule is CN=C(NCc1ccc2c(c1)OCCCO2)Nc1ccc(OC)c(OC)c1.I. The van der Waals surface area contributed by atoms with Crippen LogP contribution in [0.1, 0.15) is 12.0 Å². The van der Waals surface area contributed by atoms with E-state index in [1.165, 1.54) is 0 Å². The normalized spacial score (nSPS) is 13.0. The van der Waals surface area contributed by atoms with Gasteiger partial charge in [0.25, 0.3) is 0 Å². The average Bonchev–Trinajstić information content (AvgIpc) is 2.95. The molecule has 2 N–H and O–H groups in total. The Morgan fingerprint density at radius 3 is 2.46 bits per heavy atom. The smallest absolute Gasteiger partial charge is 0.195 e. The third kappa shape index (κ3) is 5.57. The fraction of sp³-hybridized carbons (Fsp3) is 0.350. The van der Waals surface area contributed by atoms with E-state index in [2.05, 4.69) is 15.6 Å². The maximum atomic E-state index is 5.74. The highest BCUT2D eigenvalue weighted by Gasteiger charge is 2.11. The van der Waals surface area contributed by atoms with E-state index in [0.29, 0.717) is 37.2 Å². The van der Waals surface area contributed by atoms with Crippen LogP contribution in [-0.2, 0) is 6.54 Å². The molecule has 0 bridgehead atoms. The Bertz CT molecular complexity index is 814. The predicted molar refractivity (Wildman–Crippen MR) is 121 cm³/mol. The minimum absolute atomic E-state index is 0. The van der Waals surface area contributed by atoms with Crippen molar-refractivity contribution < 1.29 is 18.9 Å². The molecular weight excluding hydrogens is 473 g/mol. The van der Waals surface area contributed by atoms with Gasteiger partial charge in [0.05, 0.1) is 27.4 Å². The van der Waals surface area contributed by atoms with Crippen molar-refractivity contribution >= 4 is 35.6 Å². The molecule has 1 aliphatic heterocycles. The minimum atomic E-state index is 0. The Morgan fingerprint density at radius 1 is 1.00 bits per heavy atom. The third-order valence-corrected chi connectivity index (χ3v) is 4.14. The number of halogens is 1. The van der Waals surface area contributed by atoms with Crippen molar-refractivity contribution in [1.82, 2.24) is 5.32 Å². The first-order valence-corrected chi connectivity index (χ1v) is 8.81. The minimum Gasteiger partial charge on any atom is -0.493 e. The number of nitrogens with one attached hydrogen (secondary N) is 2. The summed E-state index contributed by atoms with van der Waals surface area (Å²) in [7, 11) is 4.95. The molecule has 8 heteroatoms. The van der Waals surface area contributed by atoms with Gasteiger partial charge in [0.2, 0.25) is 0 Å². The molecule has 0 spiro atoms. The van der Waals surface area contributed by atoms with Crippen LogP contribution < -0.4 is 29.6 Å². The number of ether oxygens (including phenoxy) is 4. The Labute approximate surface area is 182 Å². The number of fused-ring (bicyclic) bond motifs is 1. The number of guanidine groups is 1. The number of methoxy groups -OCH3 is 2. The van der Waals surface area contributed by atoms with Crippen molar-refractivity contribution in [3.8, 4) is 23.0 Å². The molecule has 7 nitrogen and oxygen atoms in total. The van der Waals surface area contributed by atoms with Gasteiger partial charge in [-0.1, -0.05) is 6.07 Å². The quantitative estimate of drug-likeness (QED) is 0.372. The van der Waals surface area contributed by atoms with E-state index in [0.717, 1.165) is 29.2 Å². The molecule has 0 amide bonds. The molecule has 0 fully saturated rings. The fourth-order valence-electron chi connectivity index (χ4n) is 2.73. The van der Waals surface area contributed by atoms with Gasteiger partial charge in [0.15, 0.2) is 29.0 Å². The molecule has 152 valence electrons. The lowest BCUT2D eigenvalue weighted by atomic mass is 10.2. The maximum absolute atomic E-state index is 5.74. The van der Waals surface area contributed by atoms with Gasteiger partial charge in [0.1, 0.15) is 0 Å². The van der Waals surface area contributed by atoms with Gasteiger partial charge in [-0.05, 0) is 29.8 Å². The molecule has 2 aromatic carbocycles. The van der Waals surface area contributed by atoms with Crippen LogP contribution in [0.15, 0.2) is 41.4 Å². The van der Waals surface area contributed by atoms with Crippen molar-refractivity contribution in [3.63, 3.8) is 0 Å². The molecule has 0 atom stereocenters. The molecule has 2 aromatic rings. The summed E-state index contributed by atoms with van der Waals surface area (Å²) in [6.07, 6.45) is 0.893. The van der Waals surface area contributed by atoms with Crippen LogP contribution in [0.5, 0.6) is 23.0 Å². The first kappa shape index (κ1) is 21.9. The molecule has 1 aliphatic rings. The molecule has 0 saturated carbocycles. The third-order valence-electron chi connectivity index (χ3n) is 4.14. The number of aliphatic imine (C=N–C) groups is 1. The van der Waals surface area contributed by atoms with E-state index in [1.807, 2.05) is 36.4 Å². The second-order valence-corrected chi connectivity index (χ2v) is 5.95. The van der Waals surface area contributed by atoms with Crippen LogP contribution in [0.2, 0.25) is 0 Å². The monoisotopic (exact) mass is 499 g/mol. The largest absolute Gasteiger partial charge is 0.493 e. The standard InChI is InChI=1S/C20H25N3O4.HI/c1-21-20(23-15-6-8-16(24-2)18(12-15)25-3)22-13-14-5-7-17-19(11-14)27-10-4-9-26-17;/h5-8,11-12H,4,9-10,13H2,1-3H3,(H2,21,22,23);1H. The summed E-state index contributed by atoms with van der Waals surface area (Å²) >= 11 is 0. The van der Waals surface area contributed by atoms with Crippen molar-refractivity contribution in [2.45, 2.75) is 13.0 Å². The lowest BCUT2D eigenvalue weighted by Crippen LogP contribution is -2.30. The van der Waals surface area contributed by atoms with Crippen molar-refractivity contribution in [1.29, 1.82) is 0 Å². The first-order chi connectivity index (χ1) is 13.2. The van der Waals surface area contributed by atoms with Crippen LogP contribution in [0.4, 0.5) is 5.69 Å². The van der Waals surface area contributed by atoms with Crippen LogP contribution in [0, 0.1) is 0 Å². The number of nitrogens with zero attached hydrogens (tertiary/aromatic N) is 1. The molecule has 0 aromatic heterocycles. The Hall–Kier alpha value is -2.36. The highest BCUT2D eigenvalue weighted by atomic mass is 127. The lowest BCUT2D eigenvalue weighted by molar-refractivity contribution is 0.297. The van der Waals surface area contributed by atoms with Gasteiger partial charge < -0.3 is 29.6 Å². The van der Waals surface area contributed by atoms with Crippen molar-refractivity contribution in [2.75, 3.05) is 39.8 Å². The van der Waals surface area contributed by atoms with E-state index < -0.39 is 0 Å². The van der Waals surface area contributed by atoms with Crippen LogP contribution in [-0.4, -0.2) is 40.4 Å². The van der Waals surface area contributed by atoms with Gasteiger partial charge in [-0.15, -0.1) is 24.0 Å². The zero-order valence-electron chi connectivity index (χ0n) is 16.3. The van der Waals surface area contributed by atoms with Crippen molar-refractivity contribution in [2.24, 2.45) is 4.99 Å². The van der Waals surface area contributed by atoms with Gasteiger partial charge in [-0.25, -0.2) is 0 Å². The summed E-state index contributed by atoms with van der Waals surface area (Å²) in [5.74, 6) is 3.56. The van der Waals surface area contributed by atoms with Gasteiger partial charge in [-0.3, -0.25) is 4.99 Å². The predicted octanol–water partition coefficient (Wildman–Crippen LogP) is 3.67. The summed E-state index contributed by atoms with van der Waals surface area (Å²) in [4.78, 5) is 4.27. The summed E-state index contributed by atoms with van der Waals surface area (Å²) in [5, 5.41) is 6.54. The topological polar surface area (TPSA) is 73.3 Å². The van der Waals surface area contributed by atoms with E-state index in [-0.39, 0.29) is 24.0 Å². The lowest BCUT2D eigenvalue weighted by Gasteiger charge is -2.15. The number of hydrogen-bond donors (Lipinski definition) is 2. The van der Waals surface area contributed by atoms with E-state index >= 15 is 0 Å². The average molecular weight is 499 g/mol. The van der Waals surface area contributed by atoms with Crippen LogP contribution in [0.3, 0.4) is 0 Å². The molecule has 0 saturated heterocycles. The number of benzene rings is 2. The first-order valence-electron chi connectivity index (χ1n) is 8.81. The van der Waals surface area contributed by atoms with Gasteiger partial charge in [-0.2, -0.15) is 0 Å². The number of anilines is 1. The second kappa shape index (κ2) is 10.8. The van der Waals surface area contributed by atoms with E-state index in [1.54, 1.807) is 21.3 Å². The zero-order chi connectivity index (χ0) is 19.1. The second-order valence-electron chi connectivity index (χ2n) is 5.95. The molecule has 28 heavy (non-hydrogen) atoms. The molecule has 0 aliphatic carbocycles. The van der Waals surface area contributed by atoms with Gasteiger partial charge in [0, 0.05) is 31.8 Å². The van der Waals surface area contributed by atoms with Crippen LogP contribution in [0.25, 0.3) is 0 Å². The Balaban J connectivity index is 0.00000280. The number of rotatable bonds is 5. The van der Waals surface area contributed by atoms with Crippen molar-refractivity contribution in [3.05, 3.63) is 42.0 Å². The molecular formula is C20H26IN3O4. The highest BCUT2D eigenvalue weighted by molar-refractivity contribution is 14.0. The summed E-state index contributed by atoms with van der Waals surface area (Å²) in [6.45, 7) is 1.96. The van der Waals surface area contributed by atoms with E-state index in [4.69, 9.17) is 18.9 Å². The fourth-order valence-corrected chi connectivity index (χ4v) is 2.73. The summed E-state index contributed by atoms with van der Waals surface area (Å²) in [5.41, 5.74) is 1.92. The summed E-state index contributed by atoms with van der Waals surface area (Å²) < 4.78 is 22.0.